The number of methoxy groups -OCH3 is 1. The van der Waals surface area contributed by atoms with Crippen LogP contribution >= 0.6 is 34.8 Å². The number of benzene rings is 3. The maximum Gasteiger partial charge on any atom is 0.335 e. The minimum Gasteiger partial charge on any atom is -0.493 e. The Bertz CT molecular complexity index is 1370. The first-order valence-electron chi connectivity index (χ1n) is 10.2. The lowest BCUT2D eigenvalue weighted by molar-refractivity contribution is -0.122. The highest BCUT2D eigenvalue weighted by molar-refractivity contribution is 6.42. The third-order valence-corrected chi connectivity index (χ3v) is 6.06. The summed E-state index contributed by atoms with van der Waals surface area (Å²) >= 11 is 18.8. The molecule has 0 bridgehead atoms. The molecule has 0 unspecified atom stereocenters. The summed E-state index contributed by atoms with van der Waals surface area (Å²) in [4.78, 5) is 38.8. The zero-order valence-electron chi connectivity index (χ0n) is 18.2. The molecule has 1 aliphatic rings. The van der Waals surface area contributed by atoms with Crippen molar-refractivity contribution in [3.8, 4) is 11.5 Å². The normalized spacial score (nSPS) is 14.8. The average molecular weight is 532 g/mol. The molecule has 3 aromatic rings. The third-order valence-electron chi connectivity index (χ3n) is 5.09. The molecule has 10 heteroatoms. The van der Waals surface area contributed by atoms with Crippen molar-refractivity contribution in [2.24, 2.45) is 0 Å². The summed E-state index contributed by atoms with van der Waals surface area (Å²) in [5.74, 6) is -1.14. The second-order valence-electron chi connectivity index (χ2n) is 7.32. The van der Waals surface area contributed by atoms with Crippen LogP contribution in [0.5, 0.6) is 11.5 Å². The maximum atomic E-state index is 13.1. The highest BCUT2D eigenvalue weighted by atomic mass is 35.5. The first-order valence-corrected chi connectivity index (χ1v) is 11.3. The Morgan fingerprint density at radius 1 is 0.914 bits per heavy atom. The number of para-hydroxylation sites is 1. The molecule has 0 radical (unpaired) electrons. The van der Waals surface area contributed by atoms with Crippen molar-refractivity contribution in [3.63, 3.8) is 0 Å². The van der Waals surface area contributed by atoms with Crippen LogP contribution in [-0.2, 0) is 16.2 Å². The smallest absolute Gasteiger partial charge is 0.335 e. The van der Waals surface area contributed by atoms with Gasteiger partial charge in [-0.15, -0.1) is 0 Å². The monoisotopic (exact) mass is 530 g/mol. The second kappa shape index (κ2) is 10.4. The van der Waals surface area contributed by atoms with E-state index in [-0.39, 0.29) is 39.4 Å². The number of imide groups is 2. The van der Waals surface area contributed by atoms with E-state index in [2.05, 4.69) is 5.32 Å². The number of hydrogen-bond acceptors (Lipinski definition) is 5. The Balaban J connectivity index is 1.66. The summed E-state index contributed by atoms with van der Waals surface area (Å²) in [5.41, 5.74) is 0.998. The molecule has 4 amide bonds. The van der Waals surface area contributed by atoms with Gasteiger partial charge in [0.05, 0.1) is 22.8 Å². The highest BCUT2D eigenvalue weighted by Gasteiger charge is 2.37. The molecule has 178 valence electrons. The predicted octanol–water partition coefficient (Wildman–Crippen LogP) is 5.90. The van der Waals surface area contributed by atoms with Crippen LogP contribution in [0.25, 0.3) is 6.08 Å². The predicted molar refractivity (Wildman–Crippen MR) is 134 cm³/mol. The molecule has 0 aliphatic carbocycles. The lowest BCUT2D eigenvalue weighted by Gasteiger charge is -2.27. The Morgan fingerprint density at radius 2 is 1.60 bits per heavy atom. The molecule has 35 heavy (non-hydrogen) atoms. The van der Waals surface area contributed by atoms with Crippen LogP contribution in [0.2, 0.25) is 15.1 Å². The summed E-state index contributed by atoms with van der Waals surface area (Å²) in [6.45, 7) is 0.145. The van der Waals surface area contributed by atoms with Crippen molar-refractivity contribution >= 4 is 64.4 Å². The van der Waals surface area contributed by atoms with Crippen LogP contribution in [0.4, 0.5) is 10.5 Å². The van der Waals surface area contributed by atoms with Crippen LogP contribution in [0.15, 0.2) is 66.2 Å². The van der Waals surface area contributed by atoms with Crippen molar-refractivity contribution in [3.05, 3.63) is 92.4 Å². The van der Waals surface area contributed by atoms with Crippen molar-refractivity contribution < 1.29 is 23.9 Å². The molecule has 0 aromatic heterocycles. The average Bonchev–Trinajstić information content (AvgIpc) is 2.83. The van der Waals surface area contributed by atoms with E-state index in [1.165, 1.54) is 31.4 Å². The van der Waals surface area contributed by atoms with Gasteiger partial charge in [-0.25, -0.2) is 9.69 Å². The molecule has 0 saturated carbocycles. The van der Waals surface area contributed by atoms with E-state index in [0.717, 1.165) is 10.5 Å². The van der Waals surface area contributed by atoms with Gasteiger partial charge in [-0.05, 0) is 42.0 Å². The third kappa shape index (κ3) is 5.12. The van der Waals surface area contributed by atoms with E-state index < -0.39 is 17.8 Å². The fourth-order valence-corrected chi connectivity index (χ4v) is 4.09. The minimum absolute atomic E-state index is 0.145. The SMILES string of the molecule is COc1cc(/C=C2\C(=O)NC(=O)N(c3ccccc3Cl)C2=O)cc(Cl)c1OCc1ccccc1Cl. The van der Waals surface area contributed by atoms with E-state index in [0.29, 0.717) is 10.6 Å². The number of carbonyl (C=O) groups excluding carboxylic acids is 3. The summed E-state index contributed by atoms with van der Waals surface area (Å²) in [5, 5.41) is 3.06. The van der Waals surface area contributed by atoms with Gasteiger partial charge in [-0.1, -0.05) is 65.1 Å². The van der Waals surface area contributed by atoms with Crippen molar-refractivity contribution in [2.75, 3.05) is 12.0 Å². The second-order valence-corrected chi connectivity index (χ2v) is 8.55. The fraction of sp³-hybridized carbons (Fsp3) is 0.0800. The molecule has 3 aromatic carbocycles. The number of rotatable bonds is 6. The van der Waals surface area contributed by atoms with Crippen molar-refractivity contribution in [2.45, 2.75) is 6.61 Å². The summed E-state index contributed by atoms with van der Waals surface area (Å²) in [7, 11) is 1.43. The molecule has 1 aliphatic heterocycles. The Kier molecular flexibility index (Phi) is 7.31. The number of nitrogens with one attached hydrogen (secondary N) is 1. The van der Waals surface area contributed by atoms with Gasteiger partial charge in [0.2, 0.25) is 0 Å². The Morgan fingerprint density at radius 3 is 2.29 bits per heavy atom. The number of carbonyl (C=O) groups is 3. The van der Waals surface area contributed by atoms with Crippen LogP contribution in [0, 0.1) is 0 Å². The number of amides is 4. The van der Waals surface area contributed by atoms with E-state index in [1.54, 1.807) is 24.3 Å². The molecule has 1 heterocycles. The Labute approximate surface area is 215 Å². The lowest BCUT2D eigenvalue weighted by Crippen LogP contribution is -2.54. The van der Waals surface area contributed by atoms with Gasteiger partial charge in [-0.3, -0.25) is 14.9 Å². The summed E-state index contributed by atoms with van der Waals surface area (Å²) in [6.07, 6.45) is 1.31. The van der Waals surface area contributed by atoms with Crippen molar-refractivity contribution in [1.82, 2.24) is 5.32 Å². The highest BCUT2D eigenvalue weighted by Crippen LogP contribution is 2.38. The van der Waals surface area contributed by atoms with E-state index in [4.69, 9.17) is 44.3 Å². The van der Waals surface area contributed by atoms with Gasteiger partial charge in [0.25, 0.3) is 11.8 Å². The maximum absolute atomic E-state index is 13.1. The number of ether oxygens (including phenoxy) is 2. The quantitative estimate of drug-likeness (QED) is 0.316. The molecule has 0 spiro atoms. The van der Waals surface area contributed by atoms with E-state index >= 15 is 0 Å². The van der Waals surface area contributed by atoms with Gasteiger partial charge in [0.1, 0.15) is 12.2 Å². The number of nitrogens with zero attached hydrogens (tertiary/aromatic N) is 1. The summed E-state index contributed by atoms with van der Waals surface area (Å²) < 4.78 is 11.3. The van der Waals surface area contributed by atoms with Crippen LogP contribution in [0.1, 0.15) is 11.1 Å². The lowest BCUT2D eigenvalue weighted by atomic mass is 10.1. The molecule has 7 nitrogen and oxygen atoms in total. The van der Waals surface area contributed by atoms with Gasteiger partial charge in [-0.2, -0.15) is 0 Å². The number of barbiturate groups is 1. The summed E-state index contributed by atoms with van der Waals surface area (Å²) in [6, 6.07) is 15.7. The van der Waals surface area contributed by atoms with Gasteiger partial charge >= 0.3 is 6.03 Å². The van der Waals surface area contributed by atoms with Gasteiger partial charge in [0.15, 0.2) is 11.5 Å². The van der Waals surface area contributed by atoms with Crippen LogP contribution in [-0.4, -0.2) is 25.0 Å². The standard InChI is InChI=1S/C25H17Cl3N2O5/c1-34-21-12-14(11-19(28)22(21)35-13-15-6-2-3-7-17(15)26)10-16-23(31)29-25(33)30(24(16)32)20-9-5-4-8-18(20)27/h2-12H,13H2,1H3,(H,29,31,33)/b16-10+. The van der Waals surface area contributed by atoms with E-state index in [1.807, 2.05) is 18.2 Å². The number of hydrogen-bond donors (Lipinski definition) is 1. The molecule has 4 rings (SSSR count). The minimum atomic E-state index is -0.899. The zero-order chi connectivity index (χ0) is 25.1. The zero-order valence-corrected chi connectivity index (χ0v) is 20.4. The van der Waals surface area contributed by atoms with Gasteiger partial charge in [0, 0.05) is 10.6 Å². The molecular weight excluding hydrogens is 515 g/mol. The number of halogens is 3. The molecule has 0 atom stereocenters. The van der Waals surface area contributed by atoms with Crippen LogP contribution in [0.3, 0.4) is 0 Å². The molecule has 1 saturated heterocycles. The van der Waals surface area contributed by atoms with Gasteiger partial charge < -0.3 is 9.47 Å². The molecular formula is C25H17Cl3N2O5. The fourth-order valence-electron chi connectivity index (χ4n) is 3.40. The largest absolute Gasteiger partial charge is 0.493 e. The van der Waals surface area contributed by atoms with Crippen molar-refractivity contribution in [1.29, 1.82) is 0 Å². The van der Waals surface area contributed by atoms with E-state index in [9.17, 15) is 14.4 Å². The first-order chi connectivity index (χ1) is 16.8. The Hall–Kier alpha value is -3.52. The first kappa shape index (κ1) is 24.6. The number of anilines is 1. The van der Waals surface area contributed by atoms with Crippen LogP contribution < -0.4 is 19.7 Å². The topological polar surface area (TPSA) is 84.9 Å². The molecule has 1 fully saturated rings. The molecule has 1 N–H and O–H groups in total. The number of urea groups is 1.